The van der Waals surface area contributed by atoms with Gasteiger partial charge in [-0.1, -0.05) is 18.2 Å². The highest BCUT2D eigenvalue weighted by atomic mass is 16.5. The molecule has 0 N–H and O–H groups in total. The fourth-order valence-corrected chi connectivity index (χ4v) is 1.68. The maximum atomic E-state index is 5.22. The van der Waals surface area contributed by atoms with E-state index in [9.17, 15) is 0 Å². The number of benzene rings is 2. The van der Waals surface area contributed by atoms with Crippen LogP contribution in [0.15, 0.2) is 30.3 Å². The fourth-order valence-electron chi connectivity index (χ4n) is 1.68. The van der Waals surface area contributed by atoms with Gasteiger partial charge in [-0.25, -0.2) is 0 Å². The van der Waals surface area contributed by atoms with Crippen LogP contribution in [-0.4, -0.2) is 7.11 Å². The molecule has 0 aromatic heterocycles. The Labute approximate surface area is 84.3 Å². The predicted molar refractivity (Wildman–Crippen MR) is 60.0 cm³/mol. The van der Waals surface area contributed by atoms with Gasteiger partial charge >= 0.3 is 0 Å². The minimum absolute atomic E-state index is 0.922. The number of methoxy groups -OCH3 is 1. The lowest BCUT2D eigenvalue weighted by atomic mass is 10.0. The van der Waals surface area contributed by atoms with Crippen LogP contribution in [-0.2, 0) is 0 Å². The van der Waals surface area contributed by atoms with Crippen LogP contribution >= 0.6 is 0 Å². The van der Waals surface area contributed by atoms with Crippen LogP contribution in [0.3, 0.4) is 0 Å². The molecular weight excluding hydrogens is 172 g/mol. The van der Waals surface area contributed by atoms with E-state index in [0.29, 0.717) is 0 Å². The first-order valence-corrected chi connectivity index (χ1v) is 4.76. The van der Waals surface area contributed by atoms with Crippen molar-refractivity contribution in [2.24, 2.45) is 0 Å². The number of hydrogen-bond donors (Lipinski definition) is 0. The molecule has 0 saturated heterocycles. The lowest BCUT2D eigenvalue weighted by Crippen LogP contribution is -1.86. The third-order valence-electron chi connectivity index (χ3n) is 2.77. The molecule has 14 heavy (non-hydrogen) atoms. The zero-order chi connectivity index (χ0) is 10.1. The Morgan fingerprint density at radius 3 is 2.43 bits per heavy atom. The van der Waals surface area contributed by atoms with E-state index in [1.54, 1.807) is 7.11 Å². The molecule has 0 amide bonds. The number of ether oxygens (including phenoxy) is 1. The summed E-state index contributed by atoms with van der Waals surface area (Å²) < 4.78 is 5.22. The van der Waals surface area contributed by atoms with Crippen LogP contribution in [0.5, 0.6) is 5.75 Å². The first-order chi connectivity index (χ1) is 6.72. The largest absolute Gasteiger partial charge is 0.497 e. The third-order valence-corrected chi connectivity index (χ3v) is 2.77. The van der Waals surface area contributed by atoms with Crippen molar-refractivity contribution in [3.05, 3.63) is 41.5 Å². The molecular formula is C13H14O. The topological polar surface area (TPSA) is 9.23 Å². The van der Waals surface area contributed by atoms with Crippen molar-refractivity contribution in [1.29, 1.82) is 0 Å². The maximum Gasteiger partial charge on any atom is 0.119 e. The summed E-state index contributed by atoms with van der Waals surface area (Å²) in [6.45, 7) is 4.28. The maximum absolute atomic E-state index is 5.22. The van der Waals surface area contributed by atoms with Gasteiger partial charge in [-0.15, -0.1) is 0 Å². The lowest BCUT2D eigenvalue weighted by Gasteiger charge is -2.07. The zero-order valence-corrected chi connectivity index (χ0v) is 8.79. The van der Waals surface area contributed by atoms with Gasteiger partial charge < -0.3 is 4.74 Å². The van der Waals surface area contributed by atoms with Crippen molar-refractivity contribution < 1.29 is 4.74 Å². The van der Waals surface area contributed by atoms with Crippen LogP contribution in [0.25, 0.3) is 10.8 Å². The summed E-state index contributed by atoms with van der Waals surface area (Å²) >= 11 is 0. The number of rotatable bonds is 1. The zero-order valence-electron chi connectivity index (χ0n) is 8.79. The second-order valence-corrected chi connectivity index (χ2v) is 3.59. The molecule has 0 saturated carbocycles. The number of fused-ring (bicyclic) bond motifs is 1. The molecule has 1 heteroatoms. The summed E-state index contributed by atoms with van der Waals surface area (Å²) in [4.78, 5) is 0. The number of aryl methyl sites for hydroxylation is 2. The molecule has 0 aliphatic carbocycles. The lowest BCUT2D eigenvalue weighted by molar-refractivity contribution is 0.415. The van der Waals surface area contributed by atoms with Crippen molar-refractivity contribution in [2.75, 3.05) is 7.11 Å². The second-order valence-electron chi connectivity index (χ2n) is 3.59. The Kier molecular flexibility index (Phi) is 2.16. The smallest absolute Gasteiger partial charge is 0.119 e. The molecule has 0 spiro atoms. The predicted octanol–water partition coefficient (Wildman–Crippen LogP) is 3.47. The number of hydrogen-bond acceptors (Lipinski definition) is 1. The summed E-state index contributed by atoms with van der Waals surface area (Å²) in [5, 5.41) is 2.55. The summed E-state index contributed by atoms with van der Waals surface area (Å²) in [5.74, 6) is 0.922. The van der Waals surface area contributed by atoms with Gasteiger partial charge in [-0.3, -0.25) is 0 Å². The van der Waals surface area contributed by atoms with Gasteiger partial charge in [-0.2, -0.15) is 0 Å². The van der Waals surface area contributed by atoms with E-state index < -0.39 is 0 Å². The van der Waals surface area contributed by atoms with E-state index in [2.05, 4.69) is 38.1 Å². The minimum atomic E-state index is 0.922. The normalized spacial score (nSPS) is 10.5. The second kappa shape index (κ2) is 3.33. The van der Waals surface area contributed by atoms with Crippen LogP contribution < -0.4 is 4.74 Å². The highest BCUT2D eigenvalue weighted by molar-refractivity contribution is 5.87. The highest BCUT2D eigenvalue weighted by Gasteiger charge is 2.01. The molecule has 1 nitrogen and oxygen atoms in total. The molecule has 0 atom stereocenters. The van der Waals surface area contributed by atoms with E-state index in [1.807, 2.05) is 6.07 Å². The van der Waals surface area contributed by atoms with Crippen molar-refractivity contribution in [1.82, 2.24) is 0 Å². The van der Waals surface area contributed by atoms with Gasteiger partial charge in [0.25, 0.3) is 0 Å². The molecule has 0 aliphatic rings. The Balaban J connectivity index is 2.78. The molecule has 0 radical (unpaired) electrons. The summed E-state index contributed by atoms with van der Waals surface area (Å²) in [5.41, 5.74) is 2.66. The van der Waals surface area contributed by atoms with Gasteiger partial charge in [0.1, 0.15) is 5.75 Å². The minimum Gasteiger partial charge on any atom is -0.497 e. The van der Waals surface area contributed by atoms with E-state index in [4.69, 9.17) is 4.74 Å². The highest BCUT2D eigenvalue weighted by Crippen LogP contribution is 2.25. The van der Waals surface area contributed by atoms with E-state index >= 15 is 0 Å². The average molecular weight is 186 g/mol. The molecule has 2 rings (SSSR count). The van der Waals surface area contributed by atoms with Crippen molar-refractivity contribution >= 4 is 10.8 Å². The van der Waals surface area contributed by atoms with Gasteiger partial charge in [0.2, 0.25) is 0 Å². The van der Waals surface area contributed by atoms with Gasteiger partial charge in [0.15, 0.2) is 0 Å². The molecule has 0 unspecified atom stereocenters. The SMILES string of the molecule is COc1ccc2ccc(C)c(C)c2c1. The molecule has 0 heterocycles. The third kappa shape index (κ3) is 1.35. The monoisotopic (exact) mass is 186 g/mol. The van der Waals surface area contributed by atoms with Crippen LogP contribution in [0.2, 0.25) is 0 Å². The Bertz CT molecular complexity index is 472. The molecule has 0 aliphatic heterocycles. The fraction of sp³-hybridized carbons (Fsp3) is 0.231. The van der Waals surface area contributed by atoms with Crippen molar-refractivity contribution in [3.63, 3.8) is 0 Å². The molecule has 2 aromatic rings. The Hall–Kier alpha value is -1.50. The molecule has 72 valence electrons. The standard InChI is InChI=1S/C13H14O/c1-9-4-5-11-6-7-12(14-3)8-13(11)10(9)2/h4-8H,1-3H3. The van der Waals surface area contributed by atoms with Crippen LogP contribution in [0, 0.1) is 13.8 Å². The molecule has 0 bridgehead atoms. The summed E-state index contributed by atoms with van der Waals surface area (Å²) in [6, 6.07) is 10.5. The van der Waals surface area contributed by atoms with Gasteiger partial charge in [-0.05, 0) is 47.9 Å². The average Bonchev–Trinajstić information content (AvgIpc) is 2.23. The Morgan fingerprint density at radius 2 is 1.71 bits per heavy atom. The first-order valence-electron chi connectivity index (χ1n) is 4.76. The summed E-state index contributed by atoms with van der Waals surface area (Å²) in [7, 11) is 1.70. The van der Waals surface area contributed by atoms with E-state index in [1.165, 1.54) is 21.9 Å². The molecule has 0 fully saturated rings. The van der Waals surface area contributed by atoms with Crippen molar-refractivity contribution in [3.8, 4) is 5.75 Å². The van der Waals surface area contributed by atoms with Gasteiger partial charge in [0, 0.05) is 0 Å². The molecule has 2 aromatic carbocycles. The summed E-state index contributed by atoms with van der Waals surface area (Å²) in [6.07, 6.45) is 0. The Morgan fingerprint density at radius 1 is 1.00 bits per heavy atom. The quantitative estimate of drug-likeness (QED) is 0.662. The van der Waals surface area contributed by atoms with Crippen molar-refractivity contribution in [2.45, 2.75) is 13.8 Å². The first kappa shape index (κ1) is 9.07. The van der Waals surface area contributed by atoms with E-state index in [-0.39, 0.29) is 0 Å². The van der Waals surface area contributed by atoms with E-state index in [0.717, 1.165) is 5.75 Å². The van der Waals surface area contributed by atoms with Crippen LogP contribution in [0.4, 0.5) is 0 Å². The van der Waals surface area contributed by atoms with Gasteiger partial charge in [0.05, 0.1) is 7.11 Å². The van der Waals surface area contributed by atoms with Crippen LogP contribution in [0.1, 0.15) is 11.1 Å².